The SMILES string of the molecule is CC[n+]1ccc(/C=C/c2ccc(OC)c(OC)c2)cc1.F[B-](F)(F)F. The Labute approximate surface area is 144 Å². The van der Waals surface area contributed by atoms with Gasteiger partial charge in [-0.25, -0.2) is 4.57 Å². The van der Waals surface area contributed by atoms with E-state index < -0.39 is 7.25 Å². The number of halogens is 4. The zero-order valence-corrected chi connectivity index (χ0v) is 14.3. The predicted molar refractivity (Wildman–Crippen MR) is 91.0 cm³/mol. The standard InChI is InChI=1S/C17H20NO2.BF4/c1-4-18-11-9-14(10-12-18)5-6-15-7-8-16(19-2)17(13-15)20-3;2-1(3,4)5/h5-13H,4H2,1-3H3;/q+1;-1/b6-5+;. The number of hydrogen-bond acceptors (Lipinski definition) is 2. The molecule has 0 fully saturated rings. The Hall–Kier alpha value is -2.51. The molecule has 2 rings (SSSR count). The van der Waals surface area contributed by atoms with E-state index in [1.807, 2.05) is 18.2 Å². The third-order valence-electron chi connectivity index (χ3n) is 3.16. The van der Waals surface area contributed by atoms with Crippen LogP contribution in [0.1, 0.15) is 18.1 Å². The average molecular weight is 357 g/mol. The van der Waals surface area contributed by atoms with E-state index in [1.165, 1.54) is 5.56 Å². The minimum atomic E-state index is -6.00. The second-order valence-corrected chi connectivity index (χ2v) is 4.90. The van der Waals surface area contributed by atoms with E-state index in [9.17, 15) is 17.3 Å². The molecule has 3 nitrogen and oxygen atoms in total. The summed E-state index contributed by atoms with van der Waals surface area (Å²) in [6, 6.07) is 10.1. The number of nitrogens with zero attached hydrogens (tertiary/aromatic N) is 1. The number of pyridine rings is 1. The monoisotopic (exact) mass is 357 g/mol. The van der Waals surface area contributed by atoms with Gasteiger partial charge in [0.15, 0.2) is 23.9 Å². The maximum absolute atomic E-state index is 9.75. The fourth-order valence-electron chi connectivity index (χ4n) is 1.94. The number of rotatable bonds is 5. The second kappa shape index (κ2) is 9.71. The van der Waals surface area contributed by atoms with Gasteiger partial charge < -0.3 is 26.7 Å². The van der Waals surface area contributed by atoms with Crippen molar-refractivity contribution in [1.82, 2.24) is 0 Å². The maximum Gasteiger partial charge on any atom is 0.673 e. The molecule has 25 heavy (non-hydrogen) atoms. The normalized spacial score (nSPS) is 11.0. The predicted octanol–water partition coefficient (Wildman–Crippen LogP) is 4.48. The van der Waals surface area contributed by atoms with Crippen LogP contribution >= 0.6 is 0 Å². The lowest BCUT2D eigenvalue weighted by Gasteiger charge is -2.07. The number of hydrogen-bond donors (Lipinski definition) is 0. The molecule has 136 valence electrons. The van der Waals surface area contributed by atoms with Gasteiger partial charge in [-0.1, -0.05) is 18.2 Å². The molecular weight excluding hydrogens is 337 g/mol. The van der Waals surface area contributed by atoms with Crippen molar-refractivity contribution in [1.29, 1.82) is 0 Å². The highest BCUT2D eigenvalue weighted by molar-refractivity contribution is 6.50. The Morgan fingerprint density at radius 3 is 1.88 bits per heavy atom. The van der Waals surface area contributed by atoms with Gasteiger partial charge in [-0.3, -0.25) is 0 Å². The summed E-state index contributed by atoms with van der Waals surface area (Å²) < 4.78 is 51.7. The molecule has 1 heterocycles. The number of aryl methyl sites for hydroxylation is 1. The summed E-state index contributed by atoms with van der Waals surface area (Å²) in [6.07, 6.45) is 8.30. The van der Waals surface area contributed by atoms with Gasteiger partial charge in [0.05, 0.1) is 14.2 Å². The van der Waals surface area contributed by atoms with Gasteiger partial charge in [0.2, 0.25) is 0 Å². The lowest BCUT2D eigenvalue weighted by molar-refractivity contribution is -0.693. The first-order valence-corrected chi connectivity index (χ1v) is 7.53. The van der Waals surface area contributed by atoms with E-state index in [1.54, 1.807) is 14.2 Å². The topological polar surface area (TPSA) is 22.3 Å². The van der Waals surface area contributed by atoms with E-state index in [4.69, 9.17) is 9.47 Å². The summed E-state index contributed by atoms with van der Waals surface area (Å²) in [7, 11) is -2.72. The zero-order valence-electron chi connectivity index (χ0n) is 14.3. The van der Waals surface area contributed by atoms with Crippen LogP contribution in [0.4, 0.5) is 17.3 Å². The molecule has 2 aromatic rings. The average Bonchev–Trinajstić information content (AvgIpc) is 2.58. The summed E-state index contributed by atoms with van der Waals surface area (Å²) in [6.45, 7) is 3.11. The van der Waals surface area contributed by atoms with Crippen molar-refractivity contribution in [3.8, 4) is 11.5 Å². The van der Waals surface area contributed by atoms with Crippen molar-refractivity contribution in [2.24, 2.45) is 0 Å². The fraction of sp³-hybridized carbons (Fsp3) is 0.235. The molecule has 0 N–H and O–H groups in total. The molecule has 0 aliphatic rings. The first-order valence-electron chi connectivity index (χ1n) is 7.53. The van der Waals surface area contributed by atoms with E-state index >= 15 is 0 Å². The first kappa shape index (κ1) is 20.5. The number of methoxy groups -OCH3 is 2. The third-order valence-corrected chi connectivity index (χ3v) is 3.16. The molecule has 0 unspecified atom stereocenters. The Morgan fingerprint density at radius 1 is 0.880 bits per heavy atom. The van der Waals surface area contributed by atoms with Gasteiger partial charge in [-0.05, 0) is 30.2 Å². The van der Waals surface area contributed by atoms with Crippen LogP contribution in [-0.4, -0.2) is 21.5 Å². The van der Waals surface area contributed by atoms with Gasteiger partial charge in [0.1, 0.15) is 6.54 Å². The highest BCUT2D eigenvalue weighted by atomic mass is 19.5. The van der Waals surface area contributed by atoms with Crippen LogP contribution in [-0.2, 0) is 6.54 Å². The fourth-order valence-corrected chi connectivity index (χ4v) is 1.94. The maximum atomic E-state index is 9.75. The van der Waals surface area contributed by atoms with Gasteiger partial charge in [-0.2, -0.15) is 0 Å². The first-order chi connectivity index (χ1) is 11.8. The molecule has 0 spiro atoms. The highest BCUT2D eigenvalue weighted by Gasteiger charge is 2.20. The van der Waals surface area contributed by atoms with Crippen molar-refractivity contribution < 1.29 is 31.3 Å². The molecule has 0 radical (unpaired) electrons. The van der Waals surface area contributed by atoms with Crippen LogP contribution in [0.5, 0.6) is 11.5 Å². The summed E-state index contributed by atoms with van der Waals surface area (Å²) in [5.74, 6) is 1.49. The summed E-state index contributed by atoms with van der Waals surface area (Å²) in [5, 5.41) is 0. The van der Waals surface area contributed by atoms with Crippen molar-refractivity contribution in [3.63, 3.8) is 0 Å². The van der Waals surface area contributed by atoms with Crippen molar-refractivity contribution in [2.45, 2.75) is 13.5 Å². The van der Waals surface area contributed by atoms with Gasteiger partial charge >= 0.3 is 7.25 Å². The quantitative estimate of drug-likeness (QED) is 0.447. The molecule has 0 atom stereocenters. The second-order valence-electron chi connectivity index (χ2n) is 4.90. The molecule has 0 aliphatic carbocycles. The molecule has 0 aliphatic heterocycles. The third kappa shape index (κ3) is 8.24. The number of benzene rings is 1. The number of ether oxygens (including phenoxy) is 2. The summed E-state index contributed by atoms with van der Waals surface area (Å²) in [4.78, 5) is 0. The largest absolute Gasteiger partial charge is 0.673 e. The Morgan fingerprint density at radius 2 is 1.40 bits per heavy atom. The van der Waals surface area contributed by atoms with Gasteiger partial charge in [-0.15, -0.1) is 0 Å². The van der Waals surface area contributed by atoms with Crippen LogP contribution in [0, 0.1) is 0 Å². The molecule has 1 aromatic carbocycles. The van der Waals surface area contributed by atoms with Crippen molar-refractivity contribution in [2.75, 3.05) is 14.2 Å². The van der Waals surface area contributed by atoms with E-state index in [-0.39, 0.29) is 0 Å². The van der Waals surface area contributed by atoms with Crippen molar-refractivity contribution in [3.05, 3.63) is 53.9 Å². The minimum absolute atomic E-state index is 0.742. The van der Waals surface area contributed by atoms with Gasteiger partial charge in [0, 0.05) is 12.1 Å². The smallest absolute Gasteiger partial charge is 0.493 e. The van der Waals surface area contributed by atoms with Crippen LogP contribution in [0.3, 0.4) is 0 Å². The van der Waals surface area contributed by atoms with Crippen LogP contribution in [0.2, 0.25) is 0 Å². The van der Waals surface area contributed by atoms with E-state index in [2.05, 4.69) is 48.2 Å². The summed E-state index contributed by atoms with van der Waals surface area (Å²) in [5.41, 5.74) is 2.25. The molecule has 0 saturated heterocycles. The van der Waals surface area contributed by atoms with E-state index in [0.717, 1.165) is 23.6 Å². The number of aromatic nitrogens is 1. The Bertz CT molecular complexity index is 682. The molecule has 0 saturated carbocycles. The Kier molecular flexibility index (Phi) is 7.98. The van der Waals surface area contributed by atoms with E-state index in [0.29, 0.717) is 0 Å². The molecule has 8 heteroatoms. The lowest BCUT2D eigenvalue weighted by atomic mass is 10.1. The lowest BCUT2D eigenvalue weighted by Crippen LogP contribution is -2.30. The zero-order chi connectivity index (χ0) is 18.9. The van der Waals surface area contributed by atoms with Crippen molar-refractivity contribution >= 4 is 19.4 Å². The Balaban J connectivity index is 0.000000550. The molecule has 1 aromatic heterocycles. The van der Waals surface area contributed by atoms with Crippen LogP contribution < -0.4 is 14.0 Å². The van der Waals surface area contributed by atoms with Gasteiger partial charge in [0.25, 0.3) is 0 Å². The highest BCUT2D eigenvalue weighted by Crippen LogP contribution is 2.28. The molecular formula is C17H20BF4NO2. The minimum Gasteiger partial charge on any atom is -0.493 e. The summed E-state index contributed by atoms with van der Waals surface area (Å²) >= 11 is 0. The molecule has 0 amide bonds. The van der Waals surface area contributed by atoms with Crippen LogP contribution in [0.25, 0.3) is 12.2 Å². The van der Waals surface area contributed by atoms with Crippen LogP contribution in [0.15, 0.2) is 42.7 Å². The molecule has 0 bridgehead atoms.